The maximum atomic E-state index is 12.3. The molecular weight excluding hydrogens is 264 g/mol. The molecule has 1 aromatic heterocycles. The van der Waals surface area contributed by atoms with E-state index in [1.165, 1.54) is 0 Å². The van der Waals surface area contributed by atoms with Gasteiger partial charge in [0.1, 0.15) is 5.75 Å². The van der Waals surface area contributed by atoms with E-state index in [-0.39, 0.29) is 11.9 Å². The molecule has 4 heteroatoms. The lowest BCUT2D eigenvalue weighted by Gasteiger charge is -2.19. The first kappa shape index (κ1) is 13.6. The molecule has 1 aliphatic carbocycles. The second kappa shape index (κ2) is 5.95. The lowest BCUT2D eigenvalue weighted by molar-refractivity contribution is 0.0931. The number of nitrogens with zero attached hydrogens (tertiary/aromatic N) is 1. The Balaban J connectivity index is 1.77. The molecule has 3 rings (SSSR count). The van der Waals surface area contributed by atoms with Crippen LogP contribution < -0.4 is 10.1 Å². The number of ether oxygens (including phenoxy) is 1. The van der Waals surface area contributed by atoms with Crippen LogP contribution in [0.25, 0.3) is 0 Å². The molecule has 1 saturated carbocycles. The molecule has 0 spiro atoms. The number of carbonyl (C=O) groups excluding carboxylic acids is 1. The molecule has 0 radical (unpaired) electrons. The van der Waals surface area contributed by atoms with Crippen LogP contribution in [0.3, 0.4) is 0 Å². The molecule has 2 aromatic rings. The maximum Gasteiger partial charge on any atom is 0.253 e. The predicted octanol–water partition coefficient (Wildman–Crippen LogP) is 2.97. The van der Waals surface area contributed by atoms with Crippen LogP contribution in [0.2, 0.25) is 0 Å². The van der Waals surface area contributed by atoms with E-state index in [1.54, 1.807) is 31.6 Å². The molecule has 21 heavy (non-hydrogen) atoms. The summed E-state index contributed by atoms with van der Waals surface area (Å²) in [4.78, 5) is 16.3. The fourth-order valence-corrected chi connectivity index (χ4v) is 2.44. The molecule has 1 heterocycles. The third-order valence-electron chi connectivity index (χ3n) is 3.78. The number of amides is 1. The normalized spacial score (nSPS) is 15.3. The van der Waals surface area contributed by atoms with Crippen LogP contribution in [0.5, 0.6) is 5.75 Å². The highest BCUT2D eigenvalue weighted by Gasteiger charge is 2.33. The number of nitrogens with one attached hydrogen (secondary N) is 1. The van der Waals surface area contributed by atoms with Gasteiger partial charge in [0.2, 0.25) is 0 Å². The van der Waals surface area contributed by atoms with Crippen LogP contribution in [0.15, 0.2) is 48.8 Å². The maximum absolute atomic E-state index is 12.3. The Labute approximate surface area is 124 Å². The molecule has 1 aliphatic rings. The molecule has 0 bridgehead atoms. The van der Waals surface area contributed by atoms with Gasteiger partial charge >= 0.3 is 0 Å². The van der Waals surface area contributed by atoms with E-state index in [1.807, 2.05) is 24.3 Å². The Hall–Kier alpha value is -2.36. The summed E-state index contributed by atoms with van der Waals surface area (Å²) in [5.74, 6) is 1.28. The average molecular weight is 282 g/mol. The number of aromatic nitrogens is 1. The topological polar surface area (TPSA) is 51.2 Å². The average Bonchev–Trinajstić information content (AvgIpc) is 3.38. The first-order valence-corrected chi connectivity index (χ1v) is 7.13. The summed E-state index contributed by atoms with van der Waals surface area (Å²) < 4.78 is 5.18. The van der Waals surface area contributed by atoms with Crippen molar-refractivity contribution in [3.8, 4) is 5.75 Å². The van der Waals surface area contributed by atoms with Gasteiger partial charge in [0.25, 0.3) is 5.91 Å². The quantitative estimate of drug-likeness (QED) is 0.917. The van der Waals surface area contributed by atoms with Crippen molar-refractivity contribution in [2.75, 3.05) is 7.11 Å². The van der Waals surface area contributed by atoms with Gasteiger partial charge in [-0.2, -0.15) is 0 Å². The van der Waals surface area contributed by atoms with Gasteiger partial charge in [-0.25, -0.2) is 0 Å². The summed E-state index contributed by atoms with van der Waals surface area (Å²) in [5.41, 5.74) is 1.72. The highest BCUT2D eigenvalue weighted by Crippen LogP contribution is 2.41. The zero-order valence-electron chi connectivity index (χ0n) is 12.0. The van der Waals surface area contributed by atoms with E-state index in [2.05, 4.69) is 10.3 Å². The lowest BCUT2D eigenvalue weighted by atomic mass is 10.0. The summed E-state index contributed by atoms with van der Waals surface area (Å²) in [6.45, 7) is 0. The van der Waals surface area contributed by atoms with E-state index in [0.29, 0.717) is 11.5 Å². The molecule has 0 saturated heterocycles. The van der Waals surface area contributed by atoms with Gasteiger partial charge < -0.3 is 10.1 Å². The Morgan fingerprint density at radius 2 is 2.05 bits per heavy atom. The highest BCUT2D eigenvalue weighted by molar-refractivity contribution is 5.94. The SMILES string of the molecule is COc1ccc(C(NC(=O)c2cccnc2)C2CC2)cc1. The van der Waals surface area contributed by atoms with Gasteiger partial charge in [-0.05, 0) is 48.6 Å². The smallest absolute Gasteiger partial charge is 0.253 e. The Kier molecular flexibility index (Phi) is 3.86. The van der Waals surface area contributed by atoms with Gasteiger partial charge in [0.15, 0.2) is 0 Å². The van der Waals surface area contributed by atoms with Gasteiger partial charge in [0, 0.05) is 12.4 Å². The van der Waals surface area contributed by atoms with Crippen molar-refractivity contribution in [2.24, 2.45) is 5.92 Å². The molecule has 1 fully saturated rings. The minimum Gasteiger partial charge on any atom is -0.497 e. The summed E-state index contributed by atoms with van der Waals surface area (Å²) in [6.07, 6.45) is 5.57. The summed E-state index contributed by atoms with van der Waals surface area (Å²) in [6, 6.07) is 11.5. The molecule has 108 valence electrons. The van der Waals surface area contributed by atoms with Crippen LogP contribution in [0.1, 0.15) is 34.8 Å². The Morgan fingerprint density at radius 1 is 1.29 bits per heavy atom. The van der Waals surface area contributed by atoms with Crippen molar-refractivity contribution in [1.82, 2.24) is 10.3 Å². The molecule has 1 amide bonds. The second-order valence-corrected chi connectivity index (χ2v) is 5.30. The molecule has 0 aliphatic heterocycles. The predicted molar refractivity (Wildman–Crippen MR) is 80.2 cm³/mol. The van der Waals surface area contributed by atoms with E-state index >= 15 is 0 Å². The molecule has 1 unspecified atom stereocenters. The van der Waals surface area contributed by atoms with Crippen molar-refractivity contribution in [1.29, 1.82) is 0 Å². The molecular formula is C17H18N2O2. The van der Waals surface area contributed by atoms with E-state index < -0.39 is 0 Å². The fraction of sp³-hybridized carbons (Fsp3) is 0.294. The number of hydrogen-bond donors (Lipinski definition) is 1. The molecule has 4 nitrogen and oxygen atoms in total. The minimum absolute atomic E-state index is 0.0589. The van der Waals surface area contributed by atoms with Crippen molar-refractivity contribution in [2.45, 2.75) is 18.9 Å². The van der Waals surface area contributed by atoms with Crippen molar-refractivity contribution >= 4 is 5.91 Å². The third kappa shape index (κ3) is 3.21. The summed E-state index contributed by atoms with van der Waals surface area (Å²) in [5, 5.41) is 3.13. The van der Waals surface area contributed by atoms with Crippen molar-refractivity contribution < 1.29 is 9.53 Å². The number of pyridine rings is 1. The van der Waals surface area contributed by atoms with E-state index in [4.69, 9.17) is 4.74 Å². The number of rotatable bonds is 5. The van der Waals surface area contributed by atoms with Gasteiger partial charge in [-0.15, -0.1) is 0 Å². The van der Waals surface area contributed by atoms with E-state index in [0.717, 1.165) is 24.2 Å². The zero-order chi connectivity index (χ0) is 14.7. The Morgan fingerprint density at radius 3 is 2.62 bits per heavy atom. The number of carbonyl (C=O) groups is 1. The van der Waals surface area contributed by atoms with Gasteiger partial charge in [-0.3, -0.25) is 9.78 Å². The highest BCUT2D eigenvalue weighted by atomic mass is 16.5. The van der Waals surface area contributed by atoms with Gasteiger partial charge in [-0.1, -0.05) is 12.1 Å². The Bertz CT molecular complexity index is 606. The number of benzene rings is 1. The lowest BCUT2D eigenvalue weighted by Crippen LogP contribution is -2.29. The zero-order valence-corrected chi connectivity index (χ0v) is 12.0. The van der Waals surface area contributed by atoms with Gasteiger partial charge in [0.05, 0.1) is 18.7 Å². The largest absolute Gasteiger partial charge is 0.497 e. The summed E-state index contributed by atoms with van der Waals surface area (Å²) in [7, 11) is 1.65. The fourth-order valence-electron chi connectivity index (χ4n) is 2.44. The van der Waals surface area contributed by atoms with Crippen LogP contribution >= 0.6 is 0 Å². The monoisotopic (exact) mass is 282 g/mol. The van der Waals surface area contributed by atoms with Crippen LogP contribution in [-0.4, -0.2) is 18.0 Å². The molecule has 1 N–H and O–H groups in total. The second-order valence-electron chi connectivity index (χ2n) is 5.30. The third-order valence-corrected chi connectivity index (χ3v) is 3.78. The molecule has 1 aromatic carbocycles. The van der Waals surface area contributed by atoms with Crippen LogP contribution in [-0.2, 0) is 0 Å². The first-order valence-electron chi connectivity index (χ1n) is 7.13. The van der Waals surface area contributed by atoms with Crippen molar-refractivity contribution in [3.63, 3.8) is 0 Å². The molecule has 1 atom stereocenters. The van der Waals surface area contributed by atoms with Crippen molar-refractivity contribution in [3.05, 3.63) is 59.9 Å². The number of methoxy groups -OCH3 is 1. The minimum atomic E-state index is -0.0733. The van der Waals surface area contributed by atoms with Crippen LogP contribution in [0, 0.1) is 5.92 Å². The van der Waals surface area contributed by atoms with E-state index in [9.17, 15) is 4.79 Å². The summed E-state index contributed by atoms with van der Waals surface area (Å²) >= 11 is 0. The standard InChI is InChI=1S/C17H18N2O2/c1-21-15-8-6-13(7-9-15)16(12-4-5-12)19-17(20)14-3-2-10-18-11-14/h2-3,6-12,16H,4-5H2,1H3,(H,19,20). The van der Waals surface area contributed by atoms with Crippen LogP contribution in [0.4, 0.5) is 0 Å². The first-order chi connectivity index (χ1) is 10.3. The number of hydrogen-bond acceptors (Lipinski definition) is 3.